The number of alkyl halides is 3. The van der Waals surface area contributed by atoms with Crippen LogP contribution in [0.15, 0.2) is 33.2 Å². The molecular weight excluding hydrogens is 467 g/mol. The average molecular weight is 489 g/mol. The summed E-state index contributed by atoms with van der Waals surface area (Å²) < 4.78 is 55.8. The molecule has 12 heteroatoms. The molecule has 0 spiro atoms. The number of halogens is 3. The lowest BCUT2D eigenvalue weighted by atomic mass is 10.1. The summed E-state index contributed by atoms with van der Waals surface area (Å²) >= 11 is 0. The number of nitrogens with two attached hydrogens (primary N) is 1. The van der Waals surface area contributed by atoms with Crippen molar-refractivity contribution in [2.75, 3.05) is 7.11 Å². The van der Waals surface area contributed by atoms with Crippen LogP contribution in [0.4, 0.5) is 13.2 Å². The smallest absolute Gasteiger partial charge is 0.433 e. The minimum Gasteiger partial charge on any atom is -0.494 e. The first kappa shape index (κ1) is 24.2. The van der Waals surface area contributed by atoms with Crippen molar-refractivity contribution in [1.82, 2.24) is 20.4 Å². The standard InChI is InChI=1S/C23H22F3N5O4/c1-10(27)20-19(21(32)28-9-15-11(2)31-35-12(15)3)30-22(34-20)14-5-7-16(33-4)18-13(14)6-8-17(29-18)23(24,25)26/h5-8,10H,9,27H2,1-4H3,(H,28,32)/t10-/m0/s1. The van der Waals surface area contributed by atoms with Gasteiger partial charge in [-0.2, -0.15) is 13.2 Å². The summed E-state index contributed by atoms with van der Waals surface area (Å²) in [4.78, 5) is 21.0. The van der Waals surface area contributed by atoms with Gasteiger partial charge in [0.15, 0.2) is 11.5 Å². The van der Waals surface area contributed by atoms with Crippen LogP contribution in [0.3, 0.4) is 0 Å². The van der Waals surface area contributed by atoms with E-state index in [0.29, 0.717) is 22.4 Å². The molecular formula is C23H22F3N5O4. The molecule has 4 aromatic rings. The Balaban J connectivity index is 1.76. The summed E-state index contributed by atoms with van der Waals surface area (Å²) in [6.45, 7) is 5.26. The molecule has 0 fully saturated rings. The zero-order chi connectivity index (χ0) is 25.5. The summed E-state index contributed by atoms with van der Waals surface area (Å²) in [6, 6.07) is 4.46. The Morgan fingerprint density at radius 2 is 1.94 bits per heavy atom. The first-order chi connectivity index (χ1) is 16.5. The molecule has 3 N–H and O–H groups in total. The van der Waals surface area contributed by atoms with Crippen molar-refractivity contribution >= 4 is 16.8 Å². The zero-order valence-electron chi connectivity index (χ0n) is 19.3. The molecule has 0 aliphatic carbocycles. The van der Waals surface area contributed by atoms with Gasteiger partial charge in [0.25, 0.3) is 5.91 Å². The van der Waals surface area contributed by atoms with Crippen molar-refractivity contribution in [3.8, 4) is 17.2 Å². The third-order valence-corrected chi connectivity index (χ3v) is 5.45. The second kappa shape index (κ2) is 9.02. The Morgan fingerprint density at radius 1 is 1.20 bits per heavy atom. The molecule has 1 atom stereocenters. The summed E-state index contributed by atoms with van der Waals surface area (Å²) in [6.07, 6.45) is -4.63. The number of hydrogen-bond donors (Lipinski definition) is 2. The average Bonchev–Trinajstić information content (AvgIpc) is 3.39. The molecule has 35 heavy (non-hydrogen) atoms. The number of pyridine rings is 1. The van der Waals surface area contributed by atoms with Crippen LogP contribution >= 0.6 is 0 Å². The minimum absolute atomic E-state index is 0.00833. The Labute approximate surface area is 197 Å². The number of fused-ring (bicyclic) bond motifs is 1. The number of nitrogens with one attached hydrogen (secondary N) is 1. The van der Waals surface area contributed by atoms with Crippen LogP contribution in [-0.2, 0) is 12.7 Å². The number of benzene rings is 1. The zero-order valence-corrected chi connectivity index (χ0v) is 19.3. The first-order valence-electron chi connectivity index (χ1n) is 10.5. The van der Waals surface area contributed by atoms with Crippen LogP contribution < -0.4 is 15.8 Å². The highest BCUT2D eigenvalue weighted by atomic mass is 19.4. The molecule has 0 unspecified atom stereocenters. The molecule has 0 bridgehead atoms. The van der Waals surface area contributed by atoms with E-state index in [1.165, 1.54) is 19.2 Å². The number of nitrogens with zero attached hydrogens (tertiary/aromatic N) is 3. The third-order valence-electron chi connectivity index (χ3n) is 5.45. The summed E-state index contributed by atoms with van der Waals surface area (Å²) in [5.41, 5.74) is 6.59. The predicted octanol–water partition coefficient (Wildman–Crippen LogP) is 4.47. The monoisotopic (exact) mass is 489 g/mol. The maximum absolute atomic E-state index is 13.2. The lowest BCUT2D eigenvalue weighted by Gasteiger charge is -2.11. The van der Waals surface area contributed by atoms with Crippen LogP contribution in [0.2, 0.25) is 0 Å². The molecule has 0 radical (unpaired) electrons. The predicted molar refractivity (Wildman–Crippen MR) is 119 cm³/mol. The molecule has 0 saturated heterocycles. The lowest BCUT2D eigenvalue weighted by Crippen LogP contribution is -2.25. The van der Waals surface area contributed by atoms with Gasteiger partial charge in [-0.05, 0) is 45.0 Å². The molecule has 4 rings (SSSR count). The Morgan fingerprint density at radius 3 is 2.54 bits per heavy atom. The minimum atomic E-state index is -4.63. The van der Waals surface area contributed by atoms with Crippen LogP contribution in [0.25, 0.3) is 22.4 Å². The van der Waals surface area contributed by atoms with Crippen molar-refractivity contribution in [3.05, 3.63) is 58.4 Å². The van der Waals surface area contributed by atoms with Gasteiger partial charge in [0.1, 0.15) is 22.7 Å². The molecule has 0 saturated carbocycles. The van der Waals surface area contributed by atoms with E-state index < -0.39 is 23.8 Å². The quantitative estimate of drug-likeness (QED) is 0.406. The first-order valence-corrected chi connectivity index (χ1v) is 10.5. The van der Waals surface area contributed by atoms with Gasteiger partial charge in [-0.3, -0.25) is 4.79 Å². The highest BCUT2D eigenvalue weighted by molar-refractivity contribution is 5.98. The SMILES string of the molecule is COc1ccc(-c2nc(C(=O)NCc3c(C)noc3C)c([C@H](C)N)o2)c2ccc(C(F)(F)F)nc12. The molecule has 9 nitrogen and oxygen atoms in total. The van der Waals surface area contributed by atoms with E-state index in [1.54, 1.807) is 26.8 Å². The van der Waals surface area contributed by atoms with Gasteiger partial charge in [-0.25, -0.2) is 9.97 Å². The van der Waals surface area contributed by atoms with E-state index in [-0.39, 0.29) is 35.2 Å². The summed E-state index contributed by atoms with van der Waals surface area (Å²) in [5.74, 6) is 0.314. The number of carbonyl (C=O) groups excluding carboxylic acids is 1. The van der Waals surface area contributed by atoms with E-state index in [9.17, 15) is 18.0 Å². The Bertz CT molecular complexity index is 1390. The normalized spacial score (nSPS) is 12.7. The fraction of sp³-hybridized carbons (Fsp3) is 0.304. The van der Waals surface area contributed by atoms with Gasteiger partial charge in [0.2, 0.25) is 5.89 Å². The number of oxazole rings is 1. The molecule has 1 aromatic carbocycles. The van der Waals surface area contributed by atoms with E-state index in [4.69, 9.17) is 19.4 Å². The van der Waals surface area contributed by atoms with Gasteiger partial charge in [0.05, 0.1) is 18.8 Å². The number of amides is 1. The second-order valence-electron chi connectivity index (χ2n) is 7.91. The fourth-order valence-corrected chi connectivity index (χ4v) is 3.63. The molecule has 184 valence electrons. The number of aryl methyl sites for hydroxylation is 2. The maximum Gasteiger partial charge on any atom is 0.433 e. The largest absolute Gasteiger partial charge is 0.494 e. The second-order valence-corrected chi connectivity index (χ2v) is 7.91. The summed E-state index contributed by atoms with van der Waals surface area (Å²) in [5, 5.41) is 6.91. The number of aromatic nitrogens is 3. The summed E-state index contributed by atoms with van der Waals surface area (Å²) in [7, 11) is 1.33. The van der Waals surface area contributed by atoms with Gasteiger partial charge in [-0.1, -0.05) is 5.16 Å². The molecule has 3 heterocycles. The van der Waals surface area contributed by atoms with E-state index in [2.05, 4.69) is 20.4 Å². The van der Waals surface area contributed by atoms with Crippen molar-refractivity contribution in [1.29, 1.82) is 0 Å². The highest BCUT2D eigenvalue weighted by Crippen LogP contribution is 2.37. The van der Waals surface area contributed by atoms with Crippen molar-refractivity contribution in [2.24, 2.45) is 5.73 Å². The van der Waals surface area contributed by atoms with Crippen LogP contribution in [0.1, 0.15) is 51.9 Å². The van der Waals surface area contributed by atoms with Crippen molar-refractivity contribution < 1.29 is 31.6 Å². The van der Waals surface area contributed by atoms with E-state index in [0.717, 1.165) is 11.6 Å². The Hall–Kier alpha value is -3.93. The van der Waals surface area contributed by atoms with Crippen molar-refractivity contribution in [3.63, 3.8) is 0 Å². The van der Waals surface area contributed by atoms with Gasteiger partial charge < -0.3 is 24.7 Å². The number of methoxy groups -OCH3 is 1. The van der Waals surface area contributed by atoms with Gasteiger partial charge in [0, 0.05) is 23.1 Å². The molecule has 1 amide bonds. The van der Waals surface area contributed by atoms with Gasteiger partial charge in [-0.15, -0.1) is 0 Å². The van der Waals surface area contributed by atoms with Crippen LogP contribution in [0.5, 0.6) is 5.75 Å². The van der Waals surface area contributed by atoms with E-state index >= 15 is 0 Å². The van der Waals surface area contributed by atoms with Crippen molar-refractivity contribution in [2.45, 2.75) is 39.5 Å². The van der Waals surface area contributed by atoms with Crippen LogP contribution in [0, 0.1) is 13.8 Å². The fourth-order valence-electron chi connectivity index (χ4n) is 3.63. The third kappa shape index (κ3) is 4.56. The molecule has 3 aromatic heterocycles. The highest BCUT2D eigenvalue weighted by Gasteiger charge is 2.33. The van der Waals surface area contributed by atoms with E-state index in [1.807, 2.05) is 0 Å². The number of ether oxygens (including phenoxy) is 1. The Kier molecular flexibility index (Phi) is 6.24. The topological polar surface area (TPSA) is 129 Å². The number of rotatable bonds is 6. The lowest BCUT2D eigenvalue weighted by molar-refractivity contribution is -0.140. The van der Waals surface area contributed by atoms with Gasteiger partial charge >= 0.3 is 6.18 Å². The molecule has 0 aliphatic heterocycles. The maximum atomic E-state index is 13.2. The number of hydrogen-bond acceptors (Lipinski definition) is 8. The van der Waals surface area contributed by atoms with Crippen LogP contribution in [-0.4, -0.2) is 28.1 Å². The number of carbonyl (C=O) groups is 1. The molecule has 0 aliphatic rings.